The van der Waals surface area contributed by atoms with E-state index >= 15 is 0 Å². The first kappa shape index (κ1) is 47.4. The first-order valence-electron chi connectivity index (χ1n) is 20.5. The van der Waals surface area contributed by atoms with Gasteiger partial charge in [0.25, 0.3) is 0 Å². The number of aliphatic hydroxyl groups is 2. The summed E-state index contributed by atoms with van der Waals surface area (Å²) >= 11 is 0. The summed E-state index contributed by atoms with van der Waals surface area (Å²) in [5.41, 5.74) is -1.40. The average Bonchev–Trinajstić information content (AvgIpc) is 3.17. The smallest absolute Gasteiger partial charge is 0.312 e. The molecular formula is C44H68N2O12. The van der Waals surface area contributed by atoms with Crippen LogP contribution in [0.5, 0.6) is 5.75 Å². The van der Waals surface area contributed by atoms with Crippen molar-refractivity contribution in [3.8, 4) is 5.75 Å². The van der Waals surface area contributed by atoms with Gasteiger partial charge >= 0.3 is 11.9 Å². The van der Waals surface area contributed by atoms with Crippen LogP contribution in [-0.2, 0) is 49.2 Å². The number of fused-ring (bicyclic) bond motifs is 5. The molecule has 3 saturated heterocycles. The summed E-state index contributed by atoms with van der Waals surface area (Å²) in [6.45, 7) is 19.9. The summed E-state index contributed by atoms with van der Waals surface area (Å²) in [5, 5.41) is 24.2. The monoisotopic (exact) mass is 816 g/mol. The first-order valence-corrected chi connectivity index (χ1v) is 20.5. The molecule has 2 bridgehead atoms. The van der Waals surface area contributed by atoms with Crippen molar-refractivity contribution in [3.05, 3.63) is 42.0 Å². The second-order valence-electron chi connectivity index (χ2n) is 17.3. The van der Waals surface area contributed by atoms with Crippen LogP contribution >= 0.6 is 0 Å². The van der Waals surface area contributed by atoms with Crippen LogP contribution in [0.2, 0.25) is 0 Å². The second kappa shape index (κ2) is 19.9. The summed E-state index contributed by atoms with van der Waals surface area (Å²) in [6, 6.07) is 6.71. The maximum atomic E-state index is 14.4. The Bertz CT molecular complexity index is 1610. The summed E-state index contributed by atoms with van der Waals surface area (Å²) in [7, 11) is 5.32. The highest BCUT2D eigenvalue weighted by Crippen LogP contribution is 2.42. The summed E-state index contributed by atoms with van der Waals surface area (Å²) in [4.78, 5) is 47.6. The van der Waals surface area contributed by atoms with Gasteiger partial charge in [0, 0.05) is 30.5 Å². The number of ether oxygens (including phenoxy) is 7. The predicted octanol–water partition coefficient (Wildman–Crippen LogP) is 4.70. The lowest BCUT2D eigenvalue weighted by Crippen LogP contribution is -2.61. The Morgan fingerprint density at radius 1 is 1.05 bits per heavy atom. The number of methoxy groups -OCH3 is 1. The maximum Gasteiger partial charge on any atom is 0.312 e. The molecule has 1 aromatic rings. The highest BCUT2D eigenvalue weighted by Gasteiger charge is 2.53. The minimum atomic E-state index is -1.78. The molecule has 3 heterocycles. The lowest BCUT2D eigenvalue weighted by molar-refractivity contribution is -0.303. The molecule has 14 atom stereocenters. The average molecular weight is 817 g/mol. The molecule has 3 aliphatic heterocycles. The molecule has 58 heavy (non-hydrogen) atoms. The topological polar surface area (TPSA) is 172 Å². The number of cyclic esters (lactones) is 1. The van der Waals surface area contributed by atoms with Crippen LogP contribution in [0.4, 0.5) is 0 Å². The normalized spacial score (nSPS) is 38.9. The Labute approximate surface area is 344 Å². The largest absolute Gasteiger partial charge is 0.497 e. The first-order chi connectivity index (χ1) is 27.1. The molecule has 0 aliphatic carbocycles. The van der Waals surface area contributed by atoms with Gasteiger partial charge in [0.2, 0.25) is 5.91 Å². The summed E-state index contributed by atoms with van der Waals surface area (Å²) < 4.78 is 44.4. The van der Waals surface area contributed by atoms with Crippen LogP contribution in [0.1, 0.15) is 87.1 Å². The lowest BCUT2D eigenvalue weighted by Gasteiger charge is -2.49. The molecule has 326 valence electrons. The van der Waals surface area contributed by atoms with E-state index < -0.39 is 89.5 Å². The molecule has 0 aromatic heterocycles. The molecule has 4 rings (SSSR count). The van der Waals surface area contributed by atoms with E-state index in [0.29, 0.717) is 29.0 Å². The van der Waals surface area contributed by atoms with Crippen LogP contribution in [0.3, 0.4) is 0 Å². The Balaban J connectivity index is 1.96. The van der Waals surface area contributed by atoms with Gasteiger partial charge < -0.3 is 48.3 Å². The van der Waals surface area contributed by atoms with E-state index in [0.717, 1.165) is 0 Å². The molecule has 2 N–H and O–H groups in total. The number of aliphatic hydroxyl groups excluding tert-OH is 1. The van der Waals surface area contributed by atoms with Gasteiger partial charge in [0.1, 0.15) is 29.7 Å². The van der Waals surface area contributed by atoms with Crippen LogP contribution in [0.15, 0.2) is 41.4 Å². The van der Waals surface area contributed by atoms with E-state index in [1.807, 2.05) is 53.6 Å². The highest BCUT2D eigenvalue weighted by molar-refractivity contribution is 5.97. The van der Waals surface area contributed by atoms with Gasteiger partial charge in [-0.15, -0.1) is 0 Å². The Morgan fingerprint density at radius 2 is 1.71 bits per heavy atom. The van der Waals surface area contributed by atoms with Crippen molar-refractivity contribution in [3.63, 3.8) is 0 Å². The number of likely N-dealkylation sites (N-methyl/N-ethyl adjacent to an activating group) is 1. The molecule has 14 heteroatoms. The molecule has 0 unspecified atom stereocenters. The van der Waals surface area contributed by atoms with Crippen molar-refractivity contribution in [1.29, 1.82) is 0 Å². The number of nitrogens with zero attached hydrogens (tertiary/aromatic N) is 2. The molecule has 0 spiro atoms. The molecular weight excluding hydrogens is 748 g/mol. The Morgan fingerprint density at radius 3 is 2.29 bits per heavy atom. The SMILES string of the molecule is C=C1CO[C@@H]2[C@@H](C)C(=NC(C)=O)[C@H](C)C[C@@](C)(OC1)[C@H](O[C@@H]1O[C@H](C)C[C@H](N(C)C)[C@H]1O)[C@@H](C)[C@H](OC(=O)Cc1ccc(OC)cc1)[C@@H](C)C(=O)O[C@H](CC)[C@@]2(C)O. The number of carbonyl (C=O) groups excluding carboxylic acids is 3. The molecule has 14 nitrogen and oxygen atoms in total. The number of hydrogen-bond acceptors (Lipinski definition) is 13. The minimum Gasteiger partial charge on any atom is -0.497 e. The summed E-state index contributed by atoms with van der Waals surface area (Å²) in [6.07, 6.45) is -5.93. The number of rotatable bonds is 8. The maximum absolute atomic E-state index is 14.4. The number of amides is 1. The lowest BCUT2D eigenvalue weighted by atomic mass is 9.73. The van der Waals surface area contributed by atoms with Crippen LogP contribution < -0.4 is 4.74 Å². The number of hydrogen-bond donors (Lipinski definition) is 2. The Kier molecular flexibility index (Phi) is 16.3. The van der Waals surface area contributed by atoms with Gasteiger partial charge in [-0.2, -0.15) is 0 Å². The fourth-order valence-electron chi connectivity index (χ4n) is 9.05. The van der Waals surface area contributed by atoms with Gasteiger partial charge in [0.05, 0.1) is 56.6 Å². The van der Waals surface area contributed by atoms with Crippen molar-refractivity contribution in [2.45, 2.75) is 148 Å². The third-order valence-corrected chi connectivity index (χ3v) is 12.1. The predicted molar refractivity (Wildman–Crippen MR) is 217 cm³/mol. The number of carbonyl (C=O) groups is 3. The van der Waals surface area contributed by atoms with Gasteiger partial charge in [-0.05, 0) is 90.2 Å². The zero-order valence-corrected chi connectivity index (χ0v) is 36.6. The highest BCUT2D eigenvalue weighted by atomic mass is 16.7. The second-order valence-corrected chi connectivity index (χ2v) is 17.3. The molecule has 0 radical (unpaired) electrons. The molecule has 3 fully saturated rings. The van der Waals surface area contributed by atoms with Crippen molar-refractivity contribution in [2.75, 3.05) is 34.4 Å². The van der Waals surface area contributed by atoms with Crippen molar-refractivity contribution >= 4 is 23.6 Å². The van der Waals surface area contributed by atoms with Crippen LogP contribution in [0.25, 0.3) is 0 Å². The molecule has 1 amide bonds. The summed E-state index contributed by atoms with van der Waals surface area (Å²) in [5.74, 6) is -4.13. The van der Waals surface area contributed by atoms with E-state index in [9.17, 15) is 24.6 Å². The quantitative estimate of drug-likeness (QED) is 0.274. The fraction of sp³-hybridized carbons (Fsp3) is 0.727. The van der Waals surface area contributed by atoms with E-state index in [1.165, 1.54) is 6.92 Å². The van der Waals surface area contributed by atoms with Gasteiger partial charge in [-0.1, -0.05) is 46.4 Å². The molecule has 1 aromatic carbocycles. The number of aliphatic imine (C=N–C) groups is 1. The zero-order chi connectivity index (χ0) is 43.3. The van der Waals surface area contributed by atoms with E-state index in [2.05, 4.69) is 11.6 Å². The van der Waals surface area contributed by atoms with E-state index in [1.54, 1.807) is 52.1 Å². The van der Waals surface area contributed by atoms with Crippen molar-refractivity contribution < 1.29 is 57.8 Å². The minimum absolute atomic E-state index is 0.00709. The number of esters is 2. The Hall–Kier alpha value is -3.24. The third-order valence-electron chi connectivity index (χ3n) is 12.1. The number of benzene rings is 1. The zero-order valence-electron chi connectivity index (χ0n) is 36.6. The molecule has 0 saturated carbocycles. The van der Waals surface area contributed by atoms with Crippen molar-refractivity contribution in [1.82, 2.24) is 4.90 Å². The van der Waals surface area contributed by atoms with Gasteiger partial charge in [-0.3, -0.25) is 14.4 Å². The standard InChI is InChI=1S/C44H68N2O12/c1-14-34-44(10,51)40-27(5)36(45-30(8)47)25(3)21-43(9,54-23-24(2)22-53-40)39(58-42-37(49)33(46(11)12)19-26(4)55-42)28(6)38(29(7)41(50)56-34)57-35(48)20-31-15-17-32(52-13)18-16-31/h15-18,25-29,33-34,37-40,42,49,51H,2,14,19-23H2,1,3-13H3/t25-,26-,27+,28+,29-,33+,34-,37-,38+,39-,40-,42+,43-,44-/m1/s1. The fourth-order valence-corrected chi connectivity index (χ4v) is 9.05. The van der Waals surface area contributed by atoms with Gasteiger partial charge in [-0.25, -0.2) is 4.99 Å². The molecule has 3 aliphatic rings. The van der Waals surface area contributed by atoms with E-state index in [-0.39, 0.29) is 44.6 Å². The van der Waals surface area contributed by atoms with Crippen LogP contribution in [-0.4, -0.2) is 133 Å². The van der Waals surface area contributed by atoms with E-state index in [4.69, 9.17) is 33.2 Å². The van der Waals surface area contributed by atoms with Crippen molar-refractivity contribution in [2.24, 2.45) is 28.7 Å². The van der Waals surface area contributed by atoms with Crippen LogP contribution in [0, 0.1) is 23.7 Å². The third kappa shape index (κ3) is 11.1. The van der Waals surface area contributed by atoms with Gasteiger partial charge in [0.15, 0.2) is 6.29 Å².